The zero-order valence-electron chi connectivity index (χ0n) is 14.6. The van der Waals surface area contributed by atoms with Crippen LogP contribution in [0.2, 0.25) is 0 Å². The van der Waals surface area contributed by atoms with Gasteiger partial charge in [0, 0.05) is 21.4 Å². The predicted molar refractivity (Wildman–Crippen MR) is 103 cm³/mol. The highest BCUT2D eigenvalue weighted by molar-refractivity contribution is 14.1. The van der Waals surface area contributed by atoms with E-state index in [4.69, 9.17) is 4.74 Å². The van der Waals surface area contributed by atoms with Gasteiger partial charge >= 0.3 is 12.1 Å². The van der Waals surface area contributed by atoms with E-state index in [-0.39, 0.29) is 17.9 Å². The van der Waals surface area contributed by atoms with E-state index in [1.807, 2.05) is 0 Å². The Bertz CT molecular complexity index is 883. The number of amides is 1. The summed E-state index contributed by atoms with van der Waals surface area (Å²) in [7, 11) is 0. The Balaban J connectivity index is 1.64. The molecule has 0 saturated carbocycles. The lowest BCUT2D eigenvalue weighted by Gasteiger charge is -2.31. The molecular formula is C17H16F3IN4O3. The molecule has 2 unspecified atom stereocenters. The molecule has 1 amide bonds. The number of esters is 1. The minimum Gasteiger partial charge on any atom is -0.451 e. The first-order valence-corrected chi connectivity index (χ1v) is 9.36. The molecule has 0 saturated heterocycles. The van der Waals surface area contributed by atoms with Crippen molar-refractivity contribution in [3.8, 4) is 0 Å². The van der Waals surface area contributed by atoms with Crippen molar-refractivity contribution in [2.24, 2.45) is 0 Å². The van der Waals surface area contributed by atoms with E-state index < -0.39 is 36.7 Å². The minimum absolute atomic E-state index is 0.0800. The number of rotatable bonds is 4. The summed E-state index contributed by atoms with van der Waals surface area (Å²) in [6.07, 6.45) is -4.70. The number of nitrogens with zero attached hydrogens (tertiary/aromatic N) is 2. The number of hydrogen-bond donors (Lipinski definition) is 2. The summed E-state index contributed by atoms with van der Waals surface area (Å²) < 4.78 is 46.3. The van der Waals surface area contributed by atoms with Crippen LogP contribution in [0.4, 0.5) is 24.7 Å². The third-order valence-electron chi connectivity index (χ3n) is 4.05. The Morgan fingerprint density at radius 3 is 2.68 bits per heavy atom. The number of benzene rings is 1. The Kier molecular flexibility index (Phi) is 5.82. The van der Waals surface area contributed by atoms with Gasteiger partial charge in [-0.15, -0.1) is 0 Å². The summed E-state index contributed by atoms with van der Waals surface area (Å²) in [6, 6.07) is 5.90. The van der Waals surface area contributed by atoms with Crippen molar-refractivity contribution in [2.75, 3.05) is 17.2 Å². The van der Waals surface area contributed by atoms with Gasteiger partial charge in [0.1, 0.15) is 5.82 Å². The summed E-state index contributed by atoms with van der Waals surface area (Å²) >= 11 is 2.12. The second-order valence-electron chi connectivity index (χ2n) is 6.33. The van der Waals surface area contributed by atoms with Gasteiger partial charge in [-0.2, -0.15) is 18.3 Å². The first-order valence-electron chi connectivity index (χ1n) is 8.29. The molecule has 2 atom stereocenters. The van der Waals surface area contributed by atoms with Gasteiger partial charge in [0.05, 0.1) is 0 Å². The molecule has 1 aromatic carbocycles. The van der Waals surface area contributed by atoms with E-state index in [9.17, 15) is 22.8 Å². The molecule has 7 nitrogen and oxygen atoms in total. The second kappa shape index (κ2) is 7.97. The van der Waals surface area contributed by atoms with Crippen LogP contribution in [0.1, 0.15) is 29.9 Å². The van der Waals surface area contributed by atoms with E-state index >= 15 is 0 Å². The van der Waals surface area contributed by atoms with Crippen molar-refractivity contribution in [3.63, 3.8) is 0 Å². The normalized spacial score (nSPS) is 18.8. The van der Waals surface area contributed by atoms with Crippen LogP contribution in [0.5, 0.6) is 0 Å². The average Bonchev–Trinajstić information content (AvgIpc) is 3.04. The van der Waals surface area contributed by atoms with Gasteiger partial charge in [0.15, 0.2) is 18.3 Å². The van der Waals surface area contributed by atoms with Crippen LogP contribution in [-0.4, -0.2) is 40.5 Å². The fourth-order valence-corrected chi connectivity index (χ4v) is 3.15. The van der Waals surface area contributed by atoms with E-state index in [1.165, 1.54) is 6.07 Å². The van der Waals surface area contributed by atoms with Gasteiger partial charge in [-0.1, -0.05) is 0 Å². The Hall–Kier alpha value is -2.31. The molecule has 150 valence electrons. The van der Waals surface area contributed by atoms with Crippen LogP contribution >= 0.6 is 22.6 Å². The highest BCUT2D eigenvalue weighted by atomic mass is 127. The van der Waals surface area contributed by atoms with Crippen LogP contribution < -0.4 is 10.6 Å². The molecule has 11 heteroatoms. The smallest absolute Gasteiger partial charge is 0.410 e. The zero-order chi connectivity index (χ0) is 20.5. The van der Waals surface area contributed by atoms with Crippen molar-refractivity contribution in [1.29, 1.82) is 0 Å². The number of anilines is 2. The lowest BCUT2D eigenvalue weighted by Crippen LogP contribution is -2.37. The van der Waals surface area contributed by atoms with Gasteiger partial charge in [-0.25, -0.2) is 9.48 Å². The third kappa shape index (κ3) is 4.75. The summed E-state index contributed by atoms with van der Waals surface area (Å²) in [5.41, 5.74) is 0.234. The first-order chi connectivity index (χ1) is 13.1. The molecule has 28 heavy (non-hydrogen) atoms. The summed E-state index contributed by atoms with van der Waals surface area (Å²) in [6.45, 7) is 1.03. The molecule has 2 aromatic rings. The quantitative estimate of drug-likeness (QED) is 0.488. The molecule has 0 bridgehead atoms. The molecule has 1 aliphatic heterocycles. The fourth-order valence-electron chi connectivity index (χ4n) is 2.79. The average molecular weight is 508 g/mol. The molecule has 2 heterocycles. The molecule has 0 fully saturated rings. The topological polar surface area (TPSA) is 85.2 Å². The van der Waals surface area contributed by atoms with Crippen LogP contribution in [0.3, 0.4) is 0 Å². The number of ether oxygens (including phenoxy) is 1. The third-order valence-corrected chi connectivity index (χ3v) is 4.77. The molecule has 2 N–H and O–H groups in total. The van der Waals surface area contributed by atoms with Crippen molar-refractivity contribution in [2.45, 2.75) is 31.6 Å². The maximum atomic E-state index is 13.2. The highest BCUT2D eigenvalue weighted by Crippen LogP contribution is 2.39. The van der Waals surface area contributed by atoms with E-state index in [2.05, 4.69) is 38.3 Å². The molecule has 0 radical (unpaired) electrons. The van der Waals surface area contributed by atoms with Crippen LogP contribution in [0.25, 0.3) is 0 Å². The number of carbonyl (C=O) groups excluding carboxylic acids is 2. The number of hydrogen-bond acceptors (Lipinski definition) is 5. The number of fused-ring (bicyclic) bond motifs is 1. The molecule has 1 aromatic heterocycles. The van der Waals surface area contributed by atoms with Crippen molar-refractivity contribution >= 4 is 46.0 Å². The lowest BCUT2D eigenvalue weighted by molar-refractivity contribution is -0.173. The molecule has 3 rings (SSSR count). The zero-order valence-corrected chi connectivity index (χ0v) is 16.7. The maximum absolute atomic E-state index is 13.2. The van der Waals surface area contributed by atoms with Gasteiger partial charge < -0.3 is 15.4 Å². The van der Waals surface area contributed by atoms with Gasteiger partial charge in [-0.05, 0) is 60.2 Å². The SMILES string of the molecule is CC1CC(C(F)(F)F)n2nc(C(=O)OCC(=O)Nc3ccc(I)cc3)cc2N1. The Morgan fingerprint density at radius 2 is 2.04 bits per heavy atom. The van der Waals surface area contributed by atoms with E-state index in [0.29, 0.717) is 5.69 Å². The molecule has 1 aliphatic rings. The lowest BCUT2D eigenvalue weighted by atomic mass is 10.1. The number of nitrogens with one attached hydrogen (secondary N) is 2. The summed E-state index contributed by atoms with van der Waals surface area (Å²) in [5.74, 6) is -1.47. The van der Waals surface area contributed by atoms with Gasteiger partial charge in [0.2, 0.25) is 0 Å². The second-order valence-corrected chi connectivity index (χ2v) is 7.57. The van der Waals surface area contributed by atoms with Crippen molar-refractivity contribution in [3.05, 3.63) is 39.6 Å². The Morgan fingerprint density at radius 1 is 1.36 bits per heavy atom. The molecule has 0 aliphatic carbocycles. The number of alkyl halides is 3. The monoisotopic (exact) mass is 508 g/mol. The molecule has 0 spiro atoms. The largest absolute Gasteiger partial charge is 0.451 e. The standard InChI is InChI=1S/C17H16F3IN4O3/c1-9-6-13(17(18,19)20)25-14(22-9)7-12(24-25)16(27)28-8-15(26)23-11-4-2-10(21)3-5-11/h2-5,7,9,13,22H,6,8H2,1H3,(H,23,26). The number of halogens is 4. The maximum Gasteiger partial charge on any atom is 0.410 e. The fraction of sp³-hybridized carbons (Fsp3) is 0.353. The van der Waals surface area contributed by atoms with Gasteiger partial charge in [0.25, 0.3) is 5.91 Å². The summed E-state index contributed by atoms with van der Waals surface area (Å²) in [5, 5.41) is 9.14. The van der Waals surface area contributed by atoms with Crippen molar-refractivity contribution < 1.29 is 27.5 Å². The van der Waals surface area contributed by atoms with E-state index in [0.717, 1.165) is 8.25 Å². The Labute approximate surface area is 171 Å². The van der Waals surface area contributed by atoms with Crippen LogP contribution in [-0.2, 0) is 9.53 Å². The van der Waals surface area contributed by atoms with Crippen LogP contribution in [0.15, 0.2) is 30.3 Å². The van der Waals surface area contributed by atoms with Crippen molar-refractivity contribution in [1.82, 2.24) is 9.78 Å². The highest BCUT2D eigenvalue weighted by Gasteiger charge is 2.45. The first kappa shape index (κ1) is 20.4. The molecular weight excluding hydrogens is 492 g/mol. The number of aromatic nitrogens is 2. The van der Waals surface area contributed by atoms with E-state index in [1.54, 1.807) is 31.2 Å². The van der Waals surface area contributed by atoms with Crippen LogP contribution in [0, 0.1) is 3.57 Å². The minimum atomic E-state index is -4.49. The summed E-state index contributed by atoms with van der Waals surface area (Å²) in [4.78, 5) is 24.0. The predicted octanol–water partition coefficient (Wildman–Crippen LogP) is 3.59. The van der Waals surface area contributed by atoms with Gasteiger partial charge in [-0.3, -0.25) is 4.79 Å². The number of carbonyl (C=O) groups is 2.